The SMILES string of the molecule is Cn1c(N2CCC(Oc3ccc(Cl)c(C(N)=O)c3)CC2)nnc1C1(c2ccccc2)CC1. The Balaban J connectivity index is 1.26. The number of halogens is 1. The van der Waals surface area contributed by atoms with Crippen LogP contribution in [0.5, 0.6) is 5.75 Å². The summed E-state index contributed by atoms with van der Waals surface area (Å²) in [4.78, 5) is 13.8. The van der Waals surface area contributed by atoms with E-state index in [4.69, 9.17) is 22.1 Å². The number of hydrogen-bond acceptors (Lipinski definition) is 5. The summed E-state index contributed by atoms with van der Waals surface area (Å²) in [5.74, 6) is 2.00. The van der Waals surface area contributed by atoms with Crippen LogP contribution in [0.1, 0.15) is 47.4 Å². The molecule has 1 aliphatic heterocycles. The molecule has 0 bridgehead atoms. The number of benzene rings is 2. The van der Waals surface area contributed by atoms with Gasteiger partial charge >= 0.3 is 0 Å². The molecule has 1 saturated carbocycles. The zero-order chi connectivity index (χ0) is 22.3. The molecule has 7 nitrogen and oxygen atoms in total. The van der Waals surface area contributed by atoms with Crippen molar-refractivity contribution in [3.63, 3.8) is 0 Å². The number of carbonyl (C=O) groups is 1. The van der Waals surface area contributed by atoms with E-state index in [1.54, 1.807) is 18.2 Å². The first kappa shape index (κ1) is 20.8. The van der Waals surface area contributed by atoms with Crippen molar-refractivity contribution in [3.05, 3.63) is 70.5 Å². The molecule has 1 aromatic heterocycles. The lowest BCUT2D eigenvalue weighted by molar-refractivity contribution is 0.0999. The highest BCUT2D eigenvalue weighted by atomic mass is 35.5. The van der Waals surface area contributed by atoms with E-state index in [1.807, 2.05) is 6.07 Å². The predicted molar refractivity (Wildman–Crippen MR) is 123 cm³/mol. The van der Waals surface area contributed by atoms with Gasteiger partial charge in [-0.25, -0.2) is 0 Å². The average Bonchev–Trinajstić information content (AvgIpc) is 3.52. The zero-order valence-corrected chi connectivity index (χ0v) is 18.8. The van der Waals surface area contributed by atoms with Crippen molar-refractivity contribution in [1.82, 2.24) is 14.8 Å². The minimum Gasteiger partial charge on any atom is -0.490 e. The molecule has 2 aliphatic rings. The fourth-order valence-electron chi connectivity index (χ4n) is 4.67. The Hall–Kier alpha value is -3.06. The molecule has 2 aromatic carbocycles. The van der Waals surface area contributed by atoms with Gasteiger partial charge in [-0.3, -0.25) is 9.36 Å². The highest BCUT2D eigenvalue weighted by Crippen LogP contribution is 2.53. The third-order valence-electron chi connectivity index (χ3n) is 6.59. The van der Waals surface area contributed by atoms with Gasteiger partial charge in [0.1, 0.15) is 17.7 Å². The largest absolute Gasteiger partial charge is 0.490 e. The topological polar surface area (TPSA) is 86.3 Å². The molecule has 32 heavy (non-hydrogen) atoms. The number of nitrogens with zero attached hydrogens (tertiary/aromatic N) is 4. The van der Waals surface area contributed by atoms with Gasteiger partial charge < -0.3 is 15.4 Å². The molecule has 1 saturated heterocycles. The van der Waals surface area contributed by atoms with Gasteiger partial charge in [0.05, 0.1) is 16.0 Å². The molecule has 0 spiro atoms. The minimum absolute atomic E-state index is 0.00455. The Morgan fingerprint density at radius 3 is 2.50 bits per heavy atom. The van der Waals surface area contributed by atoms with Gasteiger partial charge in [0.2, 0.25) is 11.9 Å². The van der Waals surface area contributed by atoms with Gasteiger partial charge in [0.15, 0.2) is 0 Å². The van der Waals surface area contributed by atoms with E-state index >= 15 is 0 Å². The van der Waals surface area contributed by atoms with Crippen molar-refractivity contribution in [2.24, 2.45) is 12.8 Å². The van der Waals surface area contributed by atoms with E-state index < -0.39 is 5.91 Å². The summed E-state index contributed by atoms with van der Waals surface area (Å²) in [6.45, 7) is 1.65. The number of piperidine rings is 1. The third-order valence-corrected chi connectivity index (χ3v) is 6.92. The first-order chi connectivity index (χ1) is 15.5. The van der Waals surface area contributed by atoms with Gasteiger partial charge in [-0.05, 0) is 36.6 Å². The molecule has 2 fully saturated rings. The molecule has 0 radical (unpaired) electrons. The van der Waals surface area contributed by atoms with Crippen molar-refractivity contribution in [2.45, 2.75) is 37.2 Å². The summed E-state index contributed by atoms with van der Waals surface area (Å²) in [5.41, 5.74) is 6.97. The van der Waals surface area contributed by atoms with E-state index in [0.29, 0.717) is 10.8 Å². The molecule has 1 amide bonds. The monoisotopic (exact) mass is 451 g/mol. The smallest absolute Gasteiger partial charge is 0.250 e. The summed E-state index contributed by atoms with van der Waals surface area (Å²) >= 11 is 6.03. The van der Waals surface area contributed by atoms with E-state index in [0.717, 1.165) is 50.5 Å². The third kappa shape index (κ3) is 3.71. The van der Waals surface area contributed by atoms with Gasteiger partial charge in [-0.2, -0.15) is 0 Å². The average molecular weight is 452 g/mol. The second-order valence-electron chi connectivity index (χ2n) is 8.64. The summed E-state index contributed by atoms with van der Waals surface area (Å²) < 4.78 is 8.26. The zero-order valence-electron chi connectivity index (χ0n) is 18.0. The number of ether oxygens (including phenoxy) is 1. The van der Waals surface area contributed by atoms with Gasteiger partial charge in [-0.1, -0.05) is 41.9 Å². The van der Waals surface area contributed by atoms with E-state index in [9.17, 15) is 4.79 Å². The normalized spacial score (nSPS) is 17.9. The lowest BCUT2D eigenvalue weighted by Crippen LogP contribution is -2.39. The molecule has 166 valence electrons. The maximum absolute atomic E-state index is 11.5. The first-order valence-electron chi connectivity index (χ1n) is 10.9. The van der Waals surface area contributed by atoms with Crippen LogP contribution in [0.4, 0.5) is 5.95 Å². The molecule has 1 aliphatic carbocycles. The Morgan fingerprint density at radius 1 is 1.12 bits per heavy atom. The number of nitrogens with two attached hydrogens (primary N) is 1. The highest BCUT2D eigenvalue weighted by Gasteiger charge is 2.50. The molecule has 2 N–H and O–H groups in total. The number of anilines is 1. The molecule has 5 rings (SSSR count). The van der Waals surface area contributed by atoms with Crippen LogP contribution in [0, 0.1) is 0 Å². The van der Waals surface area contributed by atoms with Gasteiger partial charge in [0, 0.05) is 33.0 Å². The Labute approximate surface area is 192 Å². The second-order valence-corrected chi connectivity index (χ2v) is 9.05. The Bertz CT molecular complexity index is 1130. The van der Waals surface area contributed by atoms with E-state index in [2.05, 4.69) is 51.0 Å². The highest BCUT2D eigenvalue weighted by molar-refractivity contribution is 6.33. The molecule has 0 unspecified atom stereocenters. The van der Waals surface area contributed by atoms with Crippen molar-refractivity contribution in [3.8, 4) is 5.75 Å². The summed E-state index contributed by atoms with van der Waals surface area (Å²) in [6, 6.07) is 15.6. The van der Waals surface area contributed by atoms with Crippen LogP contribution in [0.3, 0.4) is 0 Å². The summed E-state index contributed by atoms with van der Waals surface area (Å²) in [6.07, 6.45) is 3.96. The van der Waals surface area contributed by atoms with Crippen molar-refractivity contribution >= 4 is 23.5 Å². The lowest BCUT2D eigenvalue weighted by atomic mass is 9.95. The van der Waals surface area contributed by atoms with Crippen LogP contribution in [-0.2, 0) is 12.5 Å². The maximum atomic E-state index is 11.5. The second kappa shape index (κ2) is 8.13. The number of carbonyl (C=O) groups excluding carboxylic acids is 1. The van der Waals surface area contributed by atoms with Crippen LogP contribution in [-0.4, -0.2) is 39.9 Å². The summed E-state index contributed by atoms with van der Waals surface area (Å²) in [5, 5.41) is 9.49. The molecule has 0 atom stereocenters. The lowest BCUT2D eigenvalue weighted by Gasteiger charge is -2.32. The number of primary amides is 1. The van der Waals surface area contributed by atoms with E-state index in [1.165, 1.54) is 5.56 Å². The van der Waals surface area contributed by atoms with E-state index in [-0.39, 0.29) is 17.1 Å². The van der Waals surface area contributed by atoms with Crippen LogP contribution < -0.4 is 15.4 Å². The molecular formula is C24H26ClN5O2. The van der Waals surface area contributed by atoms with Crippen LogP contribution in [0.15, 0.2) is 48.5 Å². The van der Waals surface area contributed by atoms with Gasteiger partial charge in [-0.15, -0.1) is 10.2 Å². The fraction of sp³-hybridized carbons (Fsp3) is 0.375. The minimum atomic E-state index is -0.558. The van der Waals surface area contributed by atoms with Crippen LogP contribution >= 0.6 is 11.6 Å². The standard InChI is InChI=1S/C24H26ClN5O2/c1-29-22(24(11-12-24)16-5-3-2-4-6-16)27-28-23(29)30-13-9-17(10-14-30)32-18-7-8-20(25)19(15-18)21(26)31/h2-8,15,17H,9-14H2,1H3,(H2,26,31). The number of rotatable bonds is 6. The first-order valence-corrected chi connectivity index (χ1v) is 11.3. The predicted octanol–water partition coefficient (Wildman–Crippen LogP) is 3.70. The Kier molecular flexibility index (Phi) is 5.29. The molecule has 3 aromatic rings. The number of amides is 1. The van der Waals surface area contributed by atoms with Crippen molar-refractivity contribution in [2.75, 3.05) is 18.0 Å². The van der Waals surface area contributed by atoms with Crippen LogP contribution in [0.2, 0.25) is 5.02 Å². The van der Waals surface area contributed by atoms with Crippen molar-refractivity contribution in [1.29, 1.82) is 0 Å². The van der Waals surface area contributed by atoms with Crippen molar-refractivity contribution < 1.29 is 9.53 Å². The Morgan fingerprint density at radius 2 is 1.84 bits per heavy atom. The summed E-state index contributed by atoms with van der Waals surface area (Å²) in [7, 11) is 2.06. The van der Waals surface area contributed by atoms with Crippen LogP contribution in [0.25, 0.3) is 0 Å². The number of hydrogen-bond donors (Lipinski definition) is 1. The van der Waals surface area contributed by atoms with Gasteiger partial charge in [0.25, 0.3) is 0 Å². The maximum Gasteiger partial charge on any atom is 0.250 e. The quantitative estimate of drug-likeness (QED) is 0.617. The molecule has 8 heteroatoms. The molecular weight excluding hydrogens is 426 g/mol. The fourth-order valence-corrected chi connectivity index (χ4v) is 4.88. The molecule has 2 heterocycles. The number of aromatic nitrogens is 3.